The fourth-order valence-corrected chi connectivity index (χ4v) is 3.65. The topological polar surface area (TPSA) is 52.9 Å². The Labute approximate surface area is 176 Å². The minimum Gasteiger partial charge on any atom is -0.395 e. The first kappa shape index (κ1) is 27.8. The van der Waals surface area contributed by atoms with Crippen molar-refractivity contribution in [1.82, 2.24) is 4.90 Å². The minimum absolute atomic E-state index is 0.128. The zero-order valence-corrected chi connectivity index (χ0v) is 19.2. The summed E-state index contributed by atoms with van der Waals surface area (Å²) in [6.45, 7) is 4.71. The van der Waals surface area contributed by atoms with Crippen LogP contribution < -0.4 is 0 Å². The molecule has 0 saturated carbocycles. The summed E-state index contributed by atoms with van der Waals surface area (Å²) >= 11 is 0. The summed E-state index contributed by atoms with van der Waals surface area (Å²) in [5.74, 6) is 0. The summed E-state index contributed by atoms with van der Waals surface area (Å²) in [7, 11) is 1.90. The van der Waals surface area contributed by atoms with Gasteiger partial charge >= 0.3 is 0 Å². The highest BCUT2D eigenvalue weighted by atomic mass is 16.5. The third kappa shape index (κ3) is 22.1. The summed E-state index contributed by atoms with van der Waals surface area (Å²) in [5.41, 5.74) is 0. The van der Waals surface area contributed by atoms with Gasteiger partial charge in [-0.3, -0.25) is 0 Å². The Morgan fingerprint density at radius 3 is 1.57 bits per heavy atom. The maximum atomic E-state index is 9.83. The summed E-state index contributed by atoms with van der Waals surface area (Å²) in [6.07, 6.45) is 21.6. The van der Waals surface area contributed by atoms with Crippen molar-refractivity contribution < 1.29 is 14.9 Å². The lowest BCUT2D eigenvalue weighted by atomic mass is 10.0. The molecular formula is C24H51NO3. The van der Waals surface area contributed by atoms with Crippen LogP contribution in [0.3, 0.4) is 0 Å². The molecule has 0 aromatic carbocycles. The van der Waals surface area contributed by atoms with E-state index < -0.39 is 6.10 Å². The van der Waals surface area contributed by atoms with E-state index in [-0.39, 0.29) is 6.61 Å². The van der Waals surface area contributed by atoms with Crippen molar-refractivity contribution in [3.8, 4) is 0 Å². The Bertz CT molecular complexity index is 289. The highest BCUT2D eigenvalue weighted by molar-refractivity contribution is 4.60. The number of hydrogen-bond donors (Lipinski definition) is 2. The van der Waals surface area contributed by atoms with E-state index in [0.29, 0.717) is 19.7 Å². The van der Waals surface area contributed by atoms with Crippen LogP contribution >= 0.6 is 0 Å². The van der Waals surface area contributed by atoms with Crippen LogP contribution in [0.25, 0.3) is 0 Å². The fraction of sp³-hybridized carbons (Fsp3) is 1.00. The van der Waals surface area contributed by atoms with Gasteiger partial charge in [-0.15, -0.1) is 0 Å². The zero-order valence-electron chi connectivity index (χ0n) is 19.2. The Kier molecular flexibility index (Phi) is 23.0. The monoisotopic (exact) mass is 401 g/mol. The molecule has 2 N–H and O–H groups in total. The van der Waals surface area contributed by atoms with Crippen LogP contribution in [0.1, 0.15) is 110 Å². The molecule has 4 nitrogen and oxygen atoms in total. The Balaban J connectivity index is 3.12. The van der Waals surface area contributed by atoms with E-state index in [1.165, 1.54) is 96.3 Å². The molecule has 4 heteroatoms. The number of unbranched alkanes of at least 4 members (excludes halogenated alkanes) is 15. The first-order chi connectivity index (χ1) is 13.7. The minimum atomic E-state index is -0.461. The van der Waals surface area contributed by atoms with Crippen molar-refractivity contribution >= 4 is 0 Å². The highest BCUT2D eigenvalue weighted by Crippen LogP contribution is 2.13. The van der Waals surface area contributed by atoms with E-state index in [1.807, 2.05) is 11.9 Å². The average molecular weight is 402 g/mol. The van der Waals surface area contributed by atoms with E-state index in [0.717, 1.165) is 13.0 Å². The zero-order chi connectivity index (χ0) is 20.7. The van der Waals surface area contributed by atoms with Crippen LogP contribution in [0, 0.1) is 0 Å². The van der Waals surface area contributed by atoms with Crippen LogP contribution in [-0.4, -0.2) is 61.2 Å². The largest absolute Gasteiger partial charge is 0.395 e. The van der Waals surface area contributed by atoms with Crippen molar-refractivity contribution in [2.75, 3.05) is 40.0 Å². The van der Waals surface area contributed by atoms with Crippen molar-refractivity contribution in [2.45, 2.75) is 116 Å². The van der Waals surface area contributed by atoms with Gasteiger partial charge in [0.25, 0.3) is 0 Å². The molecule has 0 aliphatic heterocycles. The van der Waals surface area contributed by atoms with Crippen LogP contribution in [0.15, 0.2) is 0 Å². The van der Waals surface area contributed by atoms with Gasteiger partial charge in [-0.05, 0) is 13.5 Å². The van der Waals surface area contributed by atoms with Crippen LogP contribution in [0.2, 0.25) is 0 Å². The van der Waals surface area contributed by atoms with E-state index in [2.05, 4.69) is 6.92 Å². The lowest BCUT2D eigenvalue weighted by Gasteiger charge is -2.19. The van der Waals surface area contributed by atoms with Gasteiger partial charge < -0.3 is 19.8 Å². The third-order valence-corrected chi connectivity index (χ3v) is 5.46. The highest BCUT2D eigenvalue weighted by Gasteiger charge is 2.07. The molecule has 0 spiro atoms. The molecular weight excluding hydrogens is 350 g/mol. The van der Waals surface area contributed by atoms with Gasteiger partial charge in [-0.25, -0.2) is 0 Å². The van der Waals surface area contributed by atoms with Gasteiger partial charge in [-0.2, -0.15) is 0 Å². The number of ether oxygens (including phenoxy) is 1. The molecule has 0 fully saturated rings. The molecule has 0 bridgehead atoms. The molecule has 0 rings (SSSR count). The van der Waals surface area contributed by atoms with Gasteiger partial charge in [0.1, 0.15) is 0 Å². The van der Waals surface area contributed by atoms with Crippen molar-refractivity contribution in [1.29, 1.82) is 0 Å². The first-order valence-corrected chi connectivity index (χ1v) is 12.3. The van der Waals surface area contributed by atoms with Crippen molar-refractivity contribution in [2.24, 2.45) is 0 Å². The molecule has 0 aliphatic carbocycles. The normalized spacial score (nSPS) is 12.8. The van der Waals surface area contributed by atoms with Crippen LogP contribution in [-0.2, 0) is 4.74 Å². The molecule has 0 radical (unpaired) electrons. The molecule has 0 saturated heterocycles. The Morgan fingerprint density at radius 1 is 0.714 bits per heavy atom. The van der Waals surface area contributed by atoms with Gasteiger partial charge in [-0.1, -0.05) is 103 Å². The molecule has 0 amide bonds. The quantitative estimate of drug-likeness (QED) is 0.220. The molecule has 1 atom stereocenters. The fourth-order valence-electron chi connectivity index (χ4n) is 3.65. The van der Waals surface area contributed by atoms with E-state index >= 15 is 0 Å². The maximum Gasteiger partial charge on any atom is 0.0900 e. The molecule has 0 aromatic rings. The SMILES string of the molecule is CCCCCCCCCCCCCCCCCCOCC(O)CN(C)CCO. The molecule has 0 aromatic heterocycles. The van der Waals surface area contributed by atoms with Gasteiger partial charge in [0.15, 0.2) is 0 Å². The molecule has 0 aliphatic rings. The molecule has 1 unspecified atom stereocenters. The van der Waals surface area contributed by atoms with Gasteiger partial charge in [0, 0.05) is 19.7 Å². The maximum absolute atomic E-state index is 9.83. The number of nitrogens with zero attached hydrogens (tertiary/aromatic N) is 1. The second kappa shape index (κ2) is 23.1. The molecule has 0 heterocycles. The van der Waals surface area contributed by atoms with Crippen LogP contribution in [0.5, 0.6) is 0 Å². The van der Waals surface area contributed by atoms with Gasteiger partial charge in [0.05, 0.1) is 19.3 Å². The molecule has 28 heavy (non-hydrogen) atoms. The Morgan fingerprint density at radius 2 is 1.14 bits per heavy atom. The number of hydrogen-bond acceptors (Lipinski definition) is 4. The summed E-state index contributed by atoms with van der Waals surface area (Å²) in [5, 5.41) is 18.7. The molecule has 170 valence electrons. The summed E-state index contributed by atoms with van der Waals surface area (Å²) in [4.78, 5) is 1.92. The van der Waals surface area contributed by atoms with Crippen molar-refractivity contribution in [3.63, 3.8) is 0 Å². The number of aliphatic hydroxyl groups is 2. The summed E-state index contributed by atoms with van der Waals surface area (Å²) < 4.78 is 5.55. The van der Waals surface area contributed by atoms with E-state index in [9.17, 15) is 5.11 Å². The Hall–Kier alpha value is -0.160. The number of likely N-dealkylation sites (N-methyl/N-ethyl adjacent to an activating group) is 1. The first-order valence-electron chi connectivity index (χ1n) is 12.3. The average Bonchev–Trinajstić information content (AvgIpc) is 2.67. The van der Waals surface area contributed by atoms with E-state index in [1.54, 1.807) is 0 Å². The standard InChI is InChI=1S/C24H51NO3/c1-3-4-5-6-7-8-9-10-11-12-13-14-15-16-17-18-21-28-23-24(27)22-25(2)19-20-26/h24,26-27H,3-23H2,1-2H3. The van der Waals surface area contributed by atoms with Crippen LogP contribution in [0.4, 0.5) is 0 Å². The van der Waals surface area contributed by atoms with Crippen molar-refractivity contribution in [3.05, 3.63) is 0 Å². The second-order valence-electron chi connectivity index (χ2n) is 8.52. The number of aliphatic hydroxyl groups excluding tert-OH is 2. The lowest BCUT2D eigenvalue weighted by molar-refractivity contribution is 0.0176. The predicted octanol–water partition coefficient (Wildman–Crippen LogP) is 5.55. The lowest BCUT2D eigenvalue weighted by Crippen LogP contribution is -2.33. The third-order valence-electron chi connectivity index (χ3n) is 5.46. The summed E-state index contributed by atoms with van der Waals surface area (Å²) in [6, 6.07) is 0. The second-order valence-corrected chi connectivity index (χ2v) is 8.52. The number of rotatable bonds is 23. The van der Waals surface area contributed by atoms with Gasteiger partial charge in [0.2, 0.25) is 0 Å². The smallest absolute Gasteiger partial charge is 0.0900 e. The van der Waals surface area contributed by atoms with E-state index in [4.69, 9.17) is 9.84 Å². The predicted molar refractivity (Wildman–Crippen MR) is 121 cm³/mol.